The number of hydrogen-bond donors (Lipinski definition) is 2. The molecule has 0 bridgehead atoms. The van der Waals surface area contributed by atoms with E-state index in [-0.39, 0.29) is 38.5 Å². The van der Waals surface area contributed by atoms with Crippen molar-refractivity contribution in [2.45, 2.75) is 20.5 Å². The molecule has 39 heavy (non-hydrogen) atoms. The molecule has 1 heterocycles. The maximum atomic E-state index is 15.2. The molecular weight excluding hydrogens is 570 g/mol. The van der Waals surface area contributed by atoms with E-state index < -0.39 is 17.7 Å². The fourth-order valence-electron chi connectivity index (χ4n) is 3.31. The summed E-state index contributed by atoms with van der Waals surface area (Å²) in [6.45, 7) is 5.70. The zero-order chi connectivity index (χ0) is 28.4. The number of hydrogen-bond acceptors (Lipinski definition) is 7. The number of halogens is 3. The van der Waals surface area contributed by atoms with Crippen molar-refractivity contribution in [3.05, 3.63) is 73.8 Å². The van der Waals surface area contributed by atoms with Gasteiger partial charge in [0.15, 0.2) is 5.13 Å². The highest BCUT2D eigenvalue weighted by atomic mass is 35.5. The maximum Gasteiger partial charge on any atom is 0.331 e. The summed E-state index contributed by atoms with van der Waals surface area (Å²) in [4.78, 5) is 28.2. The van der Waals surface area contributed by atoms with Crippen molar-refractivity contribution in [1.29, 1.82) is 0 Å². The molecule has 0 unspecified atom stereocenters. The van der Waals surface area contributed by atoms with Crippen molar-refractivity contribution in [2.75, 3.05) is 38.4 Å². The number of carboxylic acids is 1. The third-order valence-electron chi connectivity index (χ3n) is 5.32. The van der Waals surface area contributed by atoms with Crippen molar-refractivity contribution in [1.82, 2.24) is 4.98 Å². The molecule has 0 atom stereocenters. The van der Waals surface area contributed by atoms with Crippen LogP contribution in [-0.4, -0.2) is 55.0 Å². The highest BCUT2D eigenvalue weighted by Gasteiger charge is 2.17. The largest absolute Gasteiger partial charge is 0.478 e. The van der Waals surface area contributed by atoms with Gasteiger partial charge < -0.3 is 19.3 Å². The van der Waals surface area contributed by atoms with E-state index in [1.165, 1.54) is 25.1 Å². The Hall–Kier alpha value is -2.86. The van der Waals surface area contributed by atoms with Crippen LogP contribution in [0.3, 0.4) is 0 Å². The van der Waals surface area contributed by atoms with Gasteiger partial charge in [-0.1, -0.05) is 35.3 Å². The van der Waals surface area contributed by atoms with Gasteiger partial charge in [-0.25, -0.2) is 14.2 Å². The van der Waals surface area contributed by atoms with E-state index in [0.29, 0.717) is 49.9 Å². The van der Waals surface area contributed by atoms with Crippen LogP contribution < -0.4 is 5.32 Å². The van der Waals surface area contributed by atoms with E-state index in [1.807, 2.05) is 6.92 Å². The zero-order valence-electron chi connectivity index (χ0n) is 21.3. The number of ether oxygens (including phenoxy) is 3. The Morgan fingerprint density at radius 1 is 1.10 bits per heavy atom. The minimum atomic E-state index is -1.11. The first-order valence-electron chi connectivity index (χ1n) is 11.9. The number of carbonyl (C=O) groups is 2. The van der Waals surface area contributed by atoms with Crippen LogP contribution >= 0.6 is 34.5 Å². The van der Waals surface area contributed by atoms with Crippen molar-refractivity contribution < 1.29 is 33.3 Å². The first-order valence-corrected chi connectivity index (χ1v) is 13.5. The molecule has 0 fully saturated rings. The molecule has 0 aliphatic rings. The number of amides is 1. The van der Waals surface area contributed by atoms with Crippen LogP contribution in [0.5, 0.6) is 0 Å². The van der Waals surface area contributed by atoms with Gasteiger partial charge >= 0.3 is 5.97 Å². The minimum absolute atomic E-state index is 0.0385. The summed E-state index contributed by atoms with van der Waals surface area (Å²) in [6.07, 6.45) is 1.33. The van der Waals surface area contributed by atoms with Crippen LogP contribution in [0.1, 0.15) is 35.3 Å². The van der Waals surface area contributed by atoms with Gasteiger partial charge in [0, 0.05) is 39.8 Å². The SMILES string of the molecule is CCOCCOCCOCc1cccc(-c2csc(NC(=O)c3cc(Cl)c(/C=C(\C)C(=O)O)c(Cl)c3)n2)c1F. The third-order valence-corrected chi connectivity index (χ3v) is 6.71. The molecule has 2 N–H and O–H groups in total. The lowest BCUT2D eigenvalue weighted by Crippen LogP contribution is -2.12. The fraction of sp³-hybridized carbons (Fsp3) is 0.296. The predicted octanol–water partition coefficient (Wildman–Crippen LogP) is 6.57. The molecule has 0 saturated carbocycles. The molecule has 208 valence electrons. The molecule has 2 aromatic carbocycles. The molecule has 12 heteroatoms. The normalized spacial score (nSPS) is 11.6. The minimum Gasteiger partial charge on any atom is -0.478 e. The van der Waals surface area contributed by atoms with Crippen LogP contribution in [0.15, 0.2) is 41.3 Å². The summed E-state index contributed by atoms with van der Waals surface area (Å²) in [5, 5.41) is 13.8. The van der Waals surface area contributed by atoms with Gasteiger partial charge in [-0.15, -0.1) is 11.3 Å². The van der Waals surface area contributed by atoms with E-state index in [2.05, 4.69) is 10.3 Å². The van der Waals surface area contributed by atoms with Crippen LogP contribution in [-0.2, 0) is 25.6 Å². The maximum absolute atomic E-state index is 15.2. The number of carbonyl (C=O) groups excluding carboxylic acids is 1. The van der Waals surface area contributed by atoms with E-state index in [1.54, 1.807) is 23.6 Å². The number of thiazole rings is 1. The van der Waals surface area contributed by atoms with E-state index in [0.717, 1.165) is 11.3 Å². The van der Waals surface area contributed by atoms with Crippen molar-refractivity contribution in [2.24, 2.45) is 0 Å². The van der Waals surface area contributed by atoms with Crippen molar-refractivity contribution in [3.8, 4) is 11.3 Å². The fourth-order valence-corrected chi connectivity index (χ4v) is 4.61. The summed E-state index contributed by atoms with van der Waals surface area (Å²) in [5.41, 5.74) is 1.48. The zero-order valence-corrected chi connectivity index (χ0v) is 23.6. The van der Waals surface area contributed by atoms with Crippen LogP contribution in [0.25, 0.3) is 17.3 Å². The first kappa shape index (κ1) is 30.7. The molecule has 0 aliphatic carbocycles. The lowest BCUT2D eigenvalue weighted by molar-refractivity contribution is -0.132. The summed E-state index contributed by atoms with van der Waals surface area (Å²) in [5.74, 6) is -2.11. The Morgan fingerprint density at radius 2 is 1.77 bits per heavy atom. The molecule has 8 nitrogen and oxygen atoms in total. The quantitative estimate of drug-likeness (QED) is 0.160. The number of benzene rings is 2. The second-order valence-corrected chi connectivity index (χ2v) is 9.79. The van der Waals surface area contributed by atoms with Crippen molar-refractivity contribution in [3.63, 3.8) is 0 Å². The van der Waals surface area contributed by atoms with Gasteiger partial charge in [-0.2, -0.15) is 0 Å². The number of carboxylic acid groups (broad SMARTS) is 1. The van der Waals surface area contributed by atoms with Crippen LogP contribution in [0.2, 0.25) is 10.0 Å². The van der Waals surface area contributed by atoms with Gasteiger partial charge in [0.2, 0.25) is 0 Å². The van der Waals surface area contributed by atoms with Gasteiger partial charge in [-0.3, -0.25) is 10.1 Å². The van der Waals surface area contributed by atoms with Crippen molar-refractivity contribution >= 4 is 57.6 Å². The number of rotatable bonds is 14. The number of aliphatic carboxylic acids is 1. The van der Waals surface area contributed by atoms with E-state index in [9.17, 15) is 9.59 Å². The van der Waals surface area contributed by atoms with Gasteiger partial charge in [0.25, 0.3) is 5.91 Å². The first-order chi connectivity index (χ1) is 18.7. The number of nitrogens with one attached hydrogen (secondary N) is 1. The topological polar surface area (TPSA) is 107 Å². The second kappa shape index (κ2) is 15.1. The Morgan fingerprint density at radius 3 is 2.44 bits per heavy atom. The molecular formula is C27H27Cl2FN2O6S. The lowest BCUT2D eigenvalue weighted by Gasteiger charge is -2.09. The molecule has 0 saturated heterocycles. The highest BCUT2D eigenvalue weighted by Crippen LogP contribution is 2.31. The molecule has 3 rings (SSSR count). The summed E-state index contributed by atoms with van der Waals surface area (Å²) in [6, 6.07) is 7.70. The molecule has 1 aromatic heterocycles. The van der Waals surface area contributed by atoms with Crippen LogP contribution in [0.4, 0.5) is 9.52 Å². The van der Waals surface area contributed by atoms with Gasteiger partial charge in [0.05, 0.1) is 48.8 Å². The third kappa shape index (κ3) is 8.82. The number of aromatic nitrogens is 1. The molecule has 0 aliphatic heterocycles. The molecule has 0 spiro atoms. The van der Waals surface area contributed by atoms with Crippen LogP contribution in [0, 0.1) is 5.82 Å². The summed E-state index contributed by atoms with van der Waals surface area (Å²) in [7, 11) is 0. The average Bonchev–Trinajstić information content (AvgIpc) is 3.36. The number of anilines is 1. The Labute approximate surface area is 239 Å². The summed E-state index contributed by atoms with van der Waals surface area (Å²) >= 11 is 13.6. The Balaban J connectivity index is 1.63. The average molecular weight is 597 g/mol. The van der Waals surface area contributed by atoms with E-state index >= 15 is 4.39 Å². The molecule has 1 amide bonds. The Kier molecular flexibility index (Phi) is 11.9. The second-order valence-electron chi connectivity index (χ2n) is 8.12. The smallest absolute Gasteiger partial charge is 0.331 e. The van der Waals surface area contributed by atoms with E-state index in [4.69, 9.17) is 42.5 Å². The highest BCUT2D eigenvalue weighted by molar-refractivity contribution is 7.14. The Bertz CT molecular complexity index is 1320. The predicted molar refractivity (Wildman–Crippen MR) is 150 cm³/mol. The monoisotopic (exact) mass is 596 g/mol. The van der Waals surface area contributed by atoms with Gasteiger partial charge in [-0.05, 0) is 38.1 Å². The molecule has 3 aromatic rings. The van der Waals surface area contributed by atoms with Gasteiger partial charge in [0.1, 0.15) is 5.82 Å². The number of nitrogens with zero attached hydrogens (tertiary/aromatic N) is 1. The standard InChI is InChI=1S/C27H27Cl2FN2O6S/c1-3-36-7-8-37-9-10-38-14-17-5-4-6-19(24(17)30)23-15-39-27(31-23)32-25(33)18-12-21(28)20(22(29)13-18)11-16(2)26(34)35/h4-6,11-13,15H,3,7-10,14H2,1-2H3,(H,34,35)(H,31,32,33)/b16-11+. The molecule has 0 radical (unpaired) electrons. The lowest BCUT2D eigenvalue weighted by atomic mass is 10.1. The summed E-state index contributed by atoms with van der Waals surface area (Å²) < 4.78 is 31.3.